The summed E-state index contributed by atoms with van der Waals surface area (Å²) in [4.78, 5) is 11.2. The second kappa shape index (κ2) is 9.80. The second-order valence-corrected chi connectivity index (χ2v) is 10.4. The van der Waals surface area contributed by atoms with Crippen molar-refractivity contribution in [3.63, 3.8) is 0 Å². The molecule has 0 amide bonds. The Morgan fingerprint density at radius 3 is 2.79 bits per heavy atom. The molecule has 13 heteroatoms. The van der Waals surface area contributed by atoms with E-state index in [0.29, 0.717) is 27.6 Å². The monoisotopic (exact) mass is 459 g/mol. The molecule has 29 heavy (non-hydrogen) atoms. The number of anilines is 1. The van der Waals surface area contributed by atoms with Crippen molar-refractivity contribution in [2.75, 3.05) is 38.2 Å². The molecular weight excluding hydrogens is 438 g/mol. The summed E-state index contributed by atoms with van der Waals surface area (Å²) < 4.78 is 32.5. The highest BCUT2D eigenvalue weighted by molar-refractivity contribution is 8.01. The van der Waals surface area contributed by atoms with Crippen LogP contribution in [0.3, 0.4) is 0 Å². The van der Waals surface area contributed by atoms with Crippen molar-refractivity contribution in [3.05, 3.63) is 28.3 Å². The number of nitro groups is 1. The zero-order valence-electron chi connectivity index (χ0n) is 15.7. The summed E-state index contributed by atoms with van der Waals surface area (Å²) in [5.74, 6) is 0. The van der Waals surface area contributed by atoms with Crippen molar-refractivity contribution in [2.24, 2.45) is 0 Å². The fourth-order valence-corrected chi connectivity index (χ4v) is 5.86. The Bertz CT molecular complexity index is 960. The van der Waals surface area contributed by atoms with Gasteiger partial charge in [0.25, 0.3) is 5.69 Å². The lowest BCUT2D eigenvalue weighted by molar-refractivity contribution is -0.388. The summed E-state index contributed by atoms with van der Waals surface area (Å²) in [6.07, 6.45) is 2.06. The molecule has 1 aromatic carbocycles. The van der Waals surface area contributed by atoms with Crippen LogP contribution in [0, 0.1) is 10.1 Å². The van der Waals surface area contributed by atoms with Gasteiger partial charge in [-0.15, -0.1) is 10.2 Å². The fourth-order valence-electron chi connectivity index (χ4n) is 2.61. The molecule has 0 aliphatic carbocycles. The van der Waals surface area contributed by atoms with Crippen molar-refractivity contribution in [1.82, 2.24) is 14.5 Å². The topological polar surface area (TPSA) is 128 Å². The maximum absolute atomic E-state index is 12.8. The van der Waals surface area contributed by atoms with E-state index in [9.17, 15) is 18.5 Å². The first-order chi connectivity index (χ1) is 13.9. The van der Waals surface area contributed by atoms with E-state index < -0.39 is 14.9 Å². The molecule has 1 aliphatic rings. The van der Waals surface area contributed by atoms with Crippen LogP contribution < -0.4 is 5.32 Å². The SMILES string of the molecule is CCCCNc1nnc(Sc2ccc(S(=O)(=O)N3CCOCC3)cc2[N+](=O)[O-])s1. The van der Waals surface area contributed by atoms with E-state index in [4.69, 9.17) is 4.74 Å². The Kier molecular flexibility index (Phi) is 7.40. The largest absolute Gasteiger partial charge is 0.379 e. The van der Waals surface area contributed by atoms with Crippen LogP contribution in [0.25, 0.3) is 0 Å². The summed E-state index contributed by atoms with van der Waals surface area (Å²) >= 11 is 2.39. The lowest BCUT2D eigenvalue weighted by Gasteiger charge is -2.26. The smallest absolute Gasteiger partial charge is 0.284 e. The molecule has 3 rings (SSSR count). The number of hydrogen-bond donors (Lipinski definition) is 1. The molecular formula is C16H21N5O5S3. The Hall–Kier alpha value is -1.80. The predicted molar refractivity (Wildman–Crippen MR) is 110 cm³/mol. The molecule has 158 valence electrons. The summed E-state index contributed by atoms with van der Waals surface area (Å²) in [6, 6.07) is 3.94. The van der Waals surface area contributed by atoms with E-state index in [-0.39, 0.29) is 23.7 Å². The van der Waals surface area contributed by atoms with Gasteiger partial charge in [0.15, 0.2) is 4.34 Å². The van der Waals surface area contributed by atoms with Crippen LogP contribution in [0.2, 0.25) is 0 Å². The van der Waals surface area contributed by atoms with Gasteiger partial charge in [-0.1, -0.05) is 24.7 Å². The number of nitro benzene ring substituents is 1. The van der Waals surface area contributed by atoms with E-state index >= 15 is 0 Å². The van der Waals surface area contributed by atoms with E-state index in [0.717, 1.165) is 37.2 Å². The maximum atomic E-state index is 12.8. The molecule has 1 fully saturated rings. The van der Waals surface area contributed by atoms with Gasteiger partial charge in [0.1, 0.15) is 0 Å². The third-order valence-corrected chi connectivity index (χ3v) is 8.04. The average Bonchev–Trinajstić information content (AvgIpc) is 3.16. The number of sulfonamides is 1. The van der Waals surface area contributed by atoms with Crippen molar-refractivity contribution in [3.8, 4) is 0 Å². The molecule has 1 aliphatic heterocycles. The van der Waals surface area contributed by atoms with Crippen LogP contribution in [-0.2, 0) is 14.8 Å². The normalized spacial score (nSPS) is 15.3. The number of nitrogens with one attached hydrogen (secondary N) is 1. The molecule has 2 heterocycles. The van der Waals surface area contributed by atoms with Gasteiger partial charge in [-0.05, 0) is 30.3 Å². The molecule has 1 N–H and O–H groups in total. The van der Waals surface area contributed by atoms with E-state index in [1.54, 1.807) is 0 Å². The number of aromatic nitrogens is 2. The molecule has 10 nitrogen and oxygen atoms in total. The minimum absolute atomic E-state index is 0.102. The summed E-state index contributed by atoms with van der Waals surface area (Å²) in [5, 5.41) is 23.4. The van der Waals surface area contributed by atoms with Gasteiger partial charge in [-0.25, -0.2) is 8.42 Å². The van der Waals surface area contributed by atoms with E-state index in [1.165, 1.54) is 27.8 Å². The van der Waals surface area contributed by atoms with Crippen LogP contribution in [0.5, 0.6) is 0 Å². The minimum Gasteiger partial charge on any atom is -0.379 e. The molecule has 0 unspecified atom stereocenters. The van der Waals surface area contributed by atoms with Crippen LogP contribution in [0.15, 0.2) is 32.3 Å². The van der Waals surface area contributed by atoms with E-state index in [2.05, 4.69) is 22.4 Å². The fraction of sp³-hybridized carbons (Fsp3) is 0.500. The van der Waals surface area contributed by atoms with Crippen molar-refractivity contribution in [1.29, 1.82) is 0 Å². The van der Waals surface area contributed by atoms with E-state index in [1.807, 2.05) is 0 Å². The first-order valence-electron chi connectivity index (χ1n) is 9.03. The minimum atomic E-state index is -3.81. The number of hydrogen-bond acceptors (Lipinski definition) is 10. The molecule has 0 spiro atoms. The number of nitrogens with zero attached hydrogens (tertiary/aromatic N) is 4. The Labute approximate surface area is 176 Å². The van der Waals surface area contributed by atoms with Gasteiger partial charge in [0.2, 0.25) is 15.2 Å². The van der Waals surface area contributed by atoms with Gasteiger partial charge >= 0.3 is 0 Å². The number of benzene rings is 1. The Morgan fingerprint density at radius 2 is 2.10 bits per heavy atom. The number of rotatable bonds is 9. The first-order valence-corrected chi connectivity index (χ1v) is 12.1. The van der Waals surface area contributed by atoms with Crippen LogP contribution >= 0.6 is 23.1 Å². The molecule has 1 saturated heterocycles. The summed E-state index contributed by atoms with van der Waals surface area (Å²) in [6.45, 7) is 3.94. The standard InChI is InChI=1S/C16H21N5O5S3/c1-2-3-6-17-15-18-19-16(28-15)27-14-5-4-12(11-13(14)21(22)23)29(24,25)20-7-9-26-10-8-20/h4-5,11H,2-3,6-10H2,1H3,(H,17,18). The van der Waals surface area contributed by atoms with Crippen LogP contribution in [0.4, 0.5) is 10.8 Å². The Balaban J connectivity index is 1.80. The molecule has 0 atom stereocenters. The zero-order chi connectivity index (χ0) is 20.9. The average molecular weight is 460 g/mol. The number of morpholine rings is 1. The van der Waals surface area contributed by atoms with Crippen molar-refractivity contribution < 1.29 is 18.1 Å². The quantitative estimate of drug-likeness (QED) is 0.342. The van der Waals surface area contributed by atoms with Gasteiger partial charge in [-0.3, -0.25) is 10.1 Å². The molecule has 0 saturated carbocycles. The first kappa shape index (κ1) is 21.9. The molecule has 1 aromatic heterocycles. The molecule has 0 radical (unpaired) electrons. The summed E-state index contributed by atoms with van der Waals surface area (Å²) in [5.41, 5.74) is -0.278. The summed E-state index contributed by atoms with van der Waals surface area (Å²) in [7, 11) is -3.81. The number of ether oxygens (including phenoxy) is 1. The predicted octanol–water partition coefficient (Wildman–Crippen LogP) is 2.83. The lowest BCUT2D eigenvalue weighted by Crippen LogP contribution is -2.40. The number of unbranched alkanes of at least 4 members (excludes halogenated alkanes) is 1. The third-order valence-electron chi connectivity index (χ3n) is 4.15. The highest BCUT2D eigenvalue weighted by Crippen LogP contribution is 2.38. The maximum Gasteiger partial charge on any atom is 0.284 e. The third kappa shape index (κ3) is 5.42. The van der Waals surface area contributed by atoms with Gasteiger partial charge in [0.05, 0.1) is 27.9 Å². The molecule has 2 aromatic rings. The Morgan fingerprint density at radius 1 is 1.34 bits per heavy atom. The van der Waals surface area contributed by atoms with Gasteiger partial charge in [-0.2, -0.15) is 4.31 Å². The van der Waals surface area contributed by atoms with Crippen LogP contribution in [0.1, 0.15) is 19.8 Å². The molecule has 0 bridgehead atoms. The van der Waals surface area contributed by atoms with Crippen LogP contribution in [-0.4, -0.2) is 60.7 Å². The van der Waals surface area contributed by atoms with Gasteiger partial charge < -0.3 is 10.1 Å². The lowest BCUT2D eigenvalue weighted by atomic mass is 10.3. The van der Waals surface area contributed by atoms with Crippen molar-refractivity contribution in [2.45, 2.75) is 33.9 Å². The van der Waals surface area contributed by atoms with Crippen molar-refractivity contribution >= 4 is 43.9 Å². The van der Waals surface area contributed by atoms with Gasteiger partial charge in [0, 0.05) is 25.7 Å². The highest BCUT2D eigenvalue weighted by atomic mass is 32.2. The highest BCUT2D eigenvalue weighted by Gasteiger charge is 2.29. The second-order valence-electron chi connectivity index (χ2n) is 6.16. The zero-order valence-corrected chi connectivity index (χ0v) is 18.2.